The van der Waals surface area contributed by atoms with Crippen LogP contribution in [-0.2, 0) is 4.74 Å². The number of carbonyl (C=O) groups excluding carboxylic acids is 1. The van der Waals surface area contributed by atoms with Gasteiger partial charge in [0.2, 0.25) is 0 Å². The normalized spacial score (nSPS) is 27.9. The largest absolute Gasteiger partial charge is 0.374 e. The van der Waals surface area contributed by atoms with Gasteiger partial charge in [0, 0.05) is 11.9 Å². The molecule has 1 aliphatic heterocycles. The van der Waals surface area contributed by atoms with Crippen molar-refractivity contribution in [2.45, 2.75) is 44.8 Å². The molecule has 0 unspecified atom stereocenters. The Morgan fingerprint density at radius 1 is 1.50 bits per heavy atom. The molecule has 98 valence electrons. The minimum Gasteiger partial charge on any atom is -0.374 e. The smallest absolute Gasteiger partial charge is 0.273 e. The van der Waals surface area contributed by atoms with E-state index in [1.54, 1.807) is 0 Å². The van der Waals surface area contributed by atoms with Crippen molar-refractivity contribution >= 4 is 17.2 Å². The van der Waals surface area contributed by atoms with Gasteiger partial charge in [-0.2, -0.15) is 0 Å². The maximum absolute atomic E-state index is 12.5. The van der Waals surface area contributed by atoms with Crippen LogP contribution >= 0.6 is 11.3 Å². The molecule has 1 aromatic rings. The highest BCUT2D eigenvalue weighted by Gasteiger charge is 2.37. The number of ether oxygens (including phenoxy) is 1. The Bertz CT molecular complexity index is 444. The molecule has 0 bridgehead atoms. The average molecular weight is 266 g/mol. The molecule has 3 rings (SSSR count). The molecular formula is C13H18N2O2S. The van der Waals surface area contributed by atoms with Crippen LogP contribution in [0.5, 0.6) is 0 Å². The third-order valence-electron chi connectivity index (χ3n) is 3.83. The van der Waals surface area contributed by atoms with Crippen LogP contribution in [0, 0.1) is 6.92 Å². The van der Waals surface area contributed by atoms with Gasteiger partial charge in [-0.25, -0.2) is 4.98 Å². The standard InChI is InChI=1S/C13H18N2O2S/c1-9-14-10(8-18-9)13(16)15-6-7-17-12-5-3-2-4-11(12)15/h8,11-12H,2-7H2,1H3/t11-,12+/m0/s1. The number of rotatable bonds is 1. The number of fused-ring (bicyclic) bond motifs is 1. The van der Waals surface area contributed by atoms with Crippen LogP contribution in [0.2, 0.25) is 0 Å². The number of aromatic nitrogens is 1. The minimum absolute atomic E-state index is 0.0829. The molecule has 4 nitrogen and oxygen atoms in total. The van der Waals surface area contributed by atoms with E-state index < -0.39 is 0 Å². The van der Waals surface area contributed by atoms with Crippen LogP contribution in [0.25, 0.3) is 0 Å². The summed E-state index contributed by atoms with van der Waals surface area (Å²) in [7, 11) is 0. The van der Waals surface area contributed by atoms with Gasteiger partial charge in [-0.15, -0.1) is 11.3 Å². The molecule has 0 radical (unpaired) electrons. The number of amides is 1. The van der Waals surface area contributed by atoms with Crippen LogP contribution in [0.15, 0.2) is 5.38 Å². The van der Waals surface area contributed by atoms with E-state index in [-0.39, 0.29) is 18.1 Å². The molecule has 2 fully saturated rings. The summed E-state index contributed by atoms with van der Waals surface area (Å²) in [6.07, 6.45) is 4.82. The Morgan fingerprint density at radius 3 is 3.11 bits per heavy atom. The second-order valence-corrected chi connectivity index (χ2v) is 6.07. The molecule has 5 heteroatoms. The topological polar surface area (TPSA) is 42.4 Å². The van der Waals surface area contributed by atoms with Crippen molar-refractivity contribution in [1.82, 2.24) is 9.88 Å². The monoisotopic (exact) mass is 266 g/mol. The van der Waals surface area contributed by atoms with Gasteiger partial charge in [0.05, 0.1) is 23.8 Å². The lowest BCUT2D eigenvalue weighted by Gasteiger charge is -2.43. The fraction of sp³-hybridized carbons (Fsp3) is 0.692. The predicted octanol–water partition coefficient (Wildman–Crippen LogP) is 2.24. The predicted molar refractivity (Wildman–Crippen MR) is 69.9 cm³/mol. The molecule has 0 N–H and O–H groups in total. The minimum atomic E-state index is 0.0829. The molecule has 2 heterocycles. The highest BCUT2D eigenvalue weighted by Crippen LogP contribution is 2.29. The Balaban J connectivity index is 1.79. The van der Waals surface area contributed by atoms with Gasteiger partial charge in [-0.05, 0) is 19.8 Å². The quantitative estimate of drug-likeness (QED) is 0.783. The van der Waals surface area contributed by atoms with Gasteiger partial charge in [-0.1, -0.05) is 12.8 Å². The molecule has 0 spiro atoms. The molecule has 1 amide bonds. The molecule has 1 saturated carbocycles. The summed E-state index contributed by atoms with van der Waals surface area (Å²) in [5.74, 6) is 0.0829. The van der Waals surface area contributed by atoms with E-state index in [0.29, 0.717) is 18.8 Å². The van der Waals surface area contributed by atoms with Crippen molar-refractivity contribution in [2.75, 3.05) is 13.2 Å². The third kappa shape index (κ3) is 2.17. The van der Waals surface area contributed by atoms with E-state index in [0.717, 1.165) is 17.8 Å². The Hall–Kier alpha value is -0.940. The summed E-state index contributed by atoms with van der Waals surface area (Å²) in [5, 5.41) is 2.82. The average Bonchev–Trinajstić information content (AvgIpc) is 2.84. The van der Waals surface area contributed by atoms with Gasteiger partial charge in [0.1, 0.15) is 5.69 Å². The lowest BCUT2D eigenvalue weighted by atomic mass is 9.90. The summed E-state index contributed by atoms with van der Waals surface area (Å²) >= 11 is 1.54. The molecule has 1 saturated heterocycles. The molecule has 2 atom stereocenters. The van der Waals surface area contributed by atoms with Crippen molar-refractivity contribution in [3.05, 3.63) is 16.1 Å². The third-order valence-corrected chi connectivity index (χ3v) is 4.60. The number of thiazole rings is 1. The fourth-order valence-corrected chi connectivity index (χ4v) is 3.54. The Morgan fingerprint density at radius 2 is 2.33 bits per heavy atom. The van der Waals surface area contributed by atoms with Crippen molar-refractivity contribution in [3.8, 4) is 0 Å². The SMILES string of the molecule is Cc1nc(C(=O)N2CCO[C@@H]3CCCC[C@@H]32)cs1. The number of aryl methyl sites for hydroxylation is 1. The van der Waals surface area contributed by atoms with Crippen LogP contribution in [0.3, 0.4) is 0 Å². The Labute approximate surface area is 111 Å². The van der Waals surface area contributed by atoms with Gasteiger partial charge in [0.25, 0.3) is 5.91 Å². The van der Waals surface area contributed by atoms with Gasteiger partial charge < -0.3 is 9.64 Å². The number of morpholine rings is 1. The number of carbonyl (C=O) groups is 1. The molecule has 1 aromatic heterocycles. The molecule has 2 aliphatic rings. The maximum Gasteiger partial charge on any atom is 0.273 e. The van der Waals surface area contributed by atoms with Crippen LogP contribution < -0.4 is 0 Å². The van der Waals surface area contributed by atoms with Crippen LogP contribution in [0.1, 0.15) is 41.2 Å². The fourth-order valence-electron chi connectivity index (χ4n) is 2.96. The highest BCUT2D eigenvalue weighted by molar-refractivity contribution is 7.09. The number of nitrogens with zero attached hydrogens (tertiary/aromatic N) is 2. The lowest BCUT2D eigenvalue weighted by Crippen LogP contribution is -2.54. The summed E-state index contributed by atoms with van der Waals surface area (Å²) in [5.41, 5.74) is 0.601. The van der Waals surface area contributed by atoms with Gasteiger partial charge in [-0.3, -0.25) is 4.79 Å². The van der Waals surface area contributed by atoms with E-state index in [2.05, 4.69) is 4.98 Å². The maximum atomic E-state index is 12.5. The van der Waals surface area contributed by atoms with Crippen molar-refractivity contribution < 1.29 is 9.53 Å². The van der Waals surface area contributed by atoms with E-state index in [4.69, 9.17) is 4.74 Å². The molecule has 18 heavy (non-hydrogen) atoms. The zero-order valence-corrected chi connectivity index (χ0v) is 11.4. The van der Waals surface area contributed by atoms with Crippen molar-refractivity contribution in [3.63, 3.8) is 0 Å². The lowest BCUT2D eigenvalue weighted by molar-refractivity contribution is -0.0754. The van der Waals surface area contributed by atoms with Gasteiger partial charge in [0.15, 0.2) is 0 Å². The Kier molecular flexibility index (Phi) is 3.35. The van der Waals surface area contributed by atoms with Crippen molar-refractivity contribution in [2.24, 2.45) is 0 Å². The summed E-state index contributed by atoms with van der Waals surface area (Å²) in [6, 6.07) is 0.266. The second-order valence-electron chi connectivity index (χ2n) is 5.01. The summed E-state index contributed by atoms with van der Waals surface area (Å²) < 4.78 is 5.79. The first-order valence-corrected chi connectivity index (χ1v) is 7.48. The number of hydrogen-bond acceptors (Lipinski definition) is 4. The molecule has 0 aromatic carbocycles. The summed E-state index contributed by atoms with van der Waals surface area (Å²) in [4.78, 5) is 18.8. The first kappa shape index (κ1) is 12.1. The first-order chi connectivity index (χ1) is 8.75. The molecule has 1 aliphatic carbocycles. The highest BCUT2D eigenvalue weighted by atomic mass is 32.1. The van der Waals surface area contributed by atoms with Crippen molar-refractivity contribution in [1.29, 1.82) is 0 Å². The van der Waals surface area contributed by atoms with Crippen LogP contribution in [0.4, 0.5) is 0 Å². The van der Waals surface area contributed by atoms with Gasteiger partial charge >= 0.3 is 0 Å². The number of hydrogen-bond donors (Lipinski definition) is 0. The van der Waals surface area contributed by atoms with E-state index in [1.807, 2.05) is 17.2 Å². The summed E-state index contributed by atoms with van der Waals surface area (Å²) in [6.45, 7) is 3.30. The second kappa shape index (κ2) is 4.97. The molecular weight excluding hydrogens is 248 g/mol. The zero-order valence-electron chi connectivity index (χ0n) is 10.6. The first-order valence-electron chi connectivity index (χ1n) is 6.60. The van der Waals surface area contributed by atoms with E-state index in [9.17, 15) is 4.79 Å². The van der Waals surface area contributed by atoms with Crippen LogP contribution in [-0.4, -0.2) is 41.1 Å². The zero-order chi connectivity index (χ0) is 12.5. The van der Waals surface area contributed by atoms with E-state index in [1.165, 1.54) is 24.2 Å². The van der Waals surface area contributed by atoms with E-state index >= 15 is 0 Å².